The van der Waals surface area contributed by atoms with Gasteiger partial charge in [-0.25, -0.2) is 0 Å². The summed E-state index contributed by atoms with van der Waals surface area (Å²) in [6.45, 7) is 7.55. The van der Waals surface area contributed by atoms with E-state index in [1.54, 1.807) is 0 Å². The fourth-order valence-electron chi connectivity index (χ4n) is 2.13. The first kappa shape index (κ1) is 10.7. The summed E-state index contributed by atoms with van der Waals surface area (Å²) in [6.07, 6.45) is 1.14. The van der Waals surface area contributed by atoms with Crippen LogP contribution in [-0.2, 0) is 19.5 Å². The van der Waals surface area contributed by atoms with E-state index in [4.69, 9.17) is 0 Å². The molecule has 0 saturated carbocycles. The Hall–Kier alpha value is -0.860. The van der Waals surface area contributed by atoms with Gasteiger partial charge in [-0.3, -0.25) is 0 Å². The van der Waals surface area contributed by atoms with Gasteiger partial charge in [-0.1, -0.05) is 32.0 Å². The lowest BCUT2D eigenvalue weighted by molar-refractivity contribution is 0.589. The maximum absolute atomic E-state index is 3.46. The molecule has 0 saturated heterocycles. The quantitative estimate of drug-likeness (QED) is 0.782. The molecule has 0 aliphatic carbocycles. The summed E-state index contributed by atoms with van der Waals surface area (Å²) >= 11 is 0. The highest BCUT2D eigenvalue weighted by atomic mass is 14.9. The van der Waals surface area contributed by atoms with Gasteiger partial charge >= 0.3 is 0 Å². The highest BCUT2D eigenvalue weighted by molar-refractivity contribution is 5.37. The molecule has 0 unspecified atom stereocenters. The van der Waals surface area contributed by atoms with Crippen molar-refractivity contribution in [2.75, 3.05) is 6.54 Å². The van der Waals surface area contributed by atoms with Crippen LogP contribution in [0.25, 0.3) is 0 Å². The van der Waals surface area contributed by atoms with Gasteiger partial charge in [-0.15, -0.1) is 0 Å². The van der Waals surface area contributed by atoms with Crippen molar-refractivity contribution in [1.82, 2.24) is 10.6 Å². The lowest BCUT2D eigenvalue weighted by atomic mass is 10.0. The largest absolute Gasteiger partial charge is 0.314 e. The zero-order chi connectivity index (χ0) is 10.7. The van der Waals surface area contributed by atoms with Crippen LogP contribution in [0.3, 0.4) is 0 Å². The third kappa shape index (κ3) is 2.58. The Kier molecular flexibility index (Phi) is 3.39. The monoisotopic (exact) mass is 204 g/mol. The van der Waals surface area contributed by atoms with E-state index in [9.17, 15) is 0 Å². The van der Waals surface area contributed by atoms with Crippen LogP contribution < -0.4 is 10.6 Å². The van der Waals surface area contributed by atoms with Crippen molar-refractivity contribution in [3.8, 4) is 0 Å². The smallest absolute Gasteiger partial charge is 0.0214 e. The van der Waals surface area contributed by atoms with Crippen LogP contribution in [0.1, 0.15) is 30.5 Å². The molecule has 0 amide bonds. The summed E-state index contributed by atoms with van der Waals surface area (Å²) in [5, 5.41) is 6.87. The zero-order valence-electron chi connectivity index (χ0n) is 9.64. The molecule has 0 fully saturated rings. The van der Waals surface area contributed by atoms with Gasteiger partial charge in [0.15, 0.2) is 0 Å². The third-order valence-electron chi connectivity index (χ3n) is 2.93. The van der Waals surface area contributed by atoms with E-state index in [0.717, 1.165) is 26.1 Å². The molecular weight excluding hydrogens is 184 g/mol. The molecule has 1 aromatic carbocycles. The van der Waals surface area contributed by atoms with Gasteiger partial charge in [0.05, 0.1) is 0 Å². The summed E-state index contributed by atoms with van der Waals surface area (Å²) < 4.78 is 0. The van der Waals surface area contributed by atoms with E-state index in [0.29, 0.717) is 6.04 Å². The van der Waals surface area contributed by atoms with Gasteiger partial charge in [0.25, 0.3) is 0 Å². The predicted octanol–water partition coefficient (Wildman–Crippen LogP) is 1.83. The molecule has 0 aromatic heterocycles. The van der Waals surface area contributed by atoms with Gasteiger partial charge in [0.2, 0.25) is 0 Å². The Morgan fingerprint density at radius 3 is 3.00 bits per heavy atom. The molecule has 2 rings (SSSR count). The maximum Gasteiger partial charge on any atom is 0.0214 e. The van der Waals surface area contributed by atoms with Crippen molar-refractivity contribution in [2.24, 2.45) is 0 Å². The molecule has 2 N–H and O–H groups in total. The molecule has 1 aliphatic rings. The second-order valence-corrected chi connectivity index (χ2v) is 4.52. The van der Waals surface area contributed by atoms with Gasteiger partial charge < -0.3 is 10.6 Å². The number of hydrogen-bond acceptors (Lipinski definition) is 2. The van der Waals surface area contributed by atoms with Crippen molar-refractivity contribution >= 4 is 0 Å². The second-order valence-electron chi connectivity index (χ2n) is 4.52. The van der Waals surface area contributed by atoms with Gasteiger partial charge in [0, 0.05) is 19.1 Å². The molecule has 1 aromatic rings. The van der Waals surface area contributed by atoms with Crippen molar-refractivity contribution in [3.63, 3.8) is 0 Å². The maximum atomic E-state index is 3.46. The summed E-state index contributed by atoms with van der Waals surface area (Å²) in [5.41, 5.74) is 4.52. The Morgan fingerprint density at radius 2 is 2.20 bits per heavy atom. The average molecular weight is 204 g/mol. The van der Waals surface area contributed by atoms with Crippen molar-refractivity contribution in [1.29, 1.82) is 0 Å². The lowest BCUT2D eigenvalue weighted by Gasteiger charge is -2.10. The molecule has 0 atom stereocenters. The molecule has 1 heterocycles. The first-order chi connectivity index (χ1) is 7.27. The fourth-order valence-corrected chi connectivity index (χ4v) is 2.13. The van der Waals surface area contributed by atoms with Gasteiger partial charge in [-0.2, -0.15) is 0 Å². The average Bonchev–Trinajstić information content (AvgIpc) is 2.65. The summed E-state index contributed by atoms with van der Waals surface area (Å²) in [6, 6.07) is 7.25. The van der Waals surface area contributed by atoms with E-state index in [1.807, 2.05) is 0 Å². The standard InChI is InChI=1S/C13H20N2/c1-10(2)15-7-6-11-4-3-5-12-8-14-9-13(11)12/h3-5,10,14-15H,6-9H2,1-2H3. The predicted molar refractivity (Wildman–Crippen MR) is 63.8 cm³/mol. The number of fused-ring (bicyclic) bond motifs is 1. The number of hydrogen-bond donors (Lipinski definition) is 2. The summed E-state index contributed by atoms with van der Waals surface area (Å²) in [7, 11) is 0. The number of nitrogens with one attached hydrogen (secondary N) is 2. The number of benzene rings is 1. The SMILES string of the molecule is CC(C)NCCc1cccc2c1CNC2. The van der Waals surface area contributed by atoms with E-state index in [1.165, 1.54) is 16.7 Å². The van der Waals surface area contributed by atoms with Gasteiger partial charge in [0.1, 0.15) is 0 Å². The van der Waals surface area contributed by atoms with Crippen LogP contribution in [0.15, 0.2) is 18.2 Å². The highest BCUT2D eigenvalue weighted by Gasteiger charge is 2.12. The van der Waals surface area contributed by atoms with E-state index >= 15 is 0 Å². The van der Waals surface area contributed by atoms with Crippen LogP contribution in [0.5, 0.6) is 0 Å². The first-order valence-corrected chi connectivity index (χ1v) is 5.81. The topological polar surface area (TPSA) is 24.1 Å². The zero-order valence-corrected chi connectivity index (χ0v) is 9.64. The van der Waals surface area contributed by atoms with Gasteiger partial charge in [-0.05, 0) is 29.7 Å². The summed E-state index contributed by atoms with van der Waals surface area (Å²) in [4.78, 5) is 0. The molecule has 0 bridgehead atoms. The molecule has 2 nitrogen and oxygen atoms in total. The summed E-state index contributed by atoms with van der Waals surface area (Å²) in [5.74, 6) is 0. The Labute approximate surface area is 92.1 Å². The normalized spacial score (nSPS) is 14.6. The third-order valence-corrected chi connectivity index (χ3v) is 2.93. The molecule has 2 heteroatoms. The molecule has 0 spiro atoms. The van der Waals surface area contributed by atoms with Crippen molar-refractivity contribution < 1.29 is 0 Å². The molecule has 1 aliphatic heterocycles. The van der Waals surface area contributed by atoms with Crippen LogP contribution in [-0.4, -0.2) is 12.6 Å². The first-order valence-electron chi connectivity index (χ1n) is 5.81. The van der Waals surface area contributed by atoms with Crippen LogP contribution in [0.4, 0.5) is 0 Å². The minimum Gasteiger partial charge on any atom is -0.314 e. The molecular formula is C13H20N2. The number of rotatable bonds is 4. The van der Waals surface area contributed by atoms with Crippen LogP contribution in [0, 0.1) is 0 Å². The fraction of sp³-hybridized carbons (Fsp3) is 0.538. The minimum atomic E-state index is 0.583. The lowest BCUT2D eigenvalue weighted by Crippen LogP contribution is -2.25. The van der Waals surface area contributed by atoms with E-state index in [2.05, 4.69) is 42.7 Å². The van der Waals surface area contributed by atoms with Crippen molar-refractivity contribution in [2.45, 2.75) is 39.4 Å². The second kappa shape index (κ2) is 4.77. The highest BCUT2D eigenvalue weighted by Crippen LogP contribution is 2.19. The van der Waals surface area contributed by atoms with Crippen LogP contribution >= 0.6 is 0 Å². The molecule has 82 valence electrons. The molecule has 15 heavy (non-hydrogen) atoms. The van der Waals surface area contributed by atoms with E-state index in [-0.39, 0.29) is 0 Å². The Balaban J connectivity index is 2.00. The van der Waals surface area contributed by atoms with E-state index < -0.39 is 0 Å². The Bertz CT molecular complexity index is 331. The minimum absolute atomic E-state index is 0.583. The van der Waals surface area contributed by atoms with Crippen molar-refractivity contribution in [3.05, 3.63) is 34.9 Å². The van der Waals surface area contributed by atoms with Crippen LogP contribution in [0.2, 0.25) is 0 Å². The molecule has 0 radical (unpaired) electrons. The Morgan fingerprint density at radius 1 is 1.33 bits per heavy atom.